The fourth-order valence-corrected chi connectivity index (χ4v) is 4.01. The third-order valence-electron chi connectivity index (χ3n) is 6.26. The third-order valence-corrected chi connectivity index (χ3v) is 7.49. The summed E-state index contributed by atoms with van der Waals surface area (Å²) >= 11 is 0.212. The van der Waals surface area contributed by atoms with Gasteiger partial charge in [-0.05, 0) is 12.7 Å². The second kappa shape index (κ2) is 12.9. The quantitative estimate of drug-likeness (QED) is 0.0990. The number of carbonyl (C=O) groups is 1. The Morgan fingerprint density at radius 3 is 1.52 bits per heavy atom. The number of hydrogen-bond acceptors (Lipinski definition) is 2. The number of nitrogens with zero attached hydrogens (tertiary/aromatic N) is 1. The average molecular weight is 680 g/mol. The second-order valence-corrected chi connectivity index (χ2v) is 11.1. The van der Waals surface area contributed by atoms with Crippen molar-refractivity contribution in [3.63, 3.8) is 0 Å². The van der Waals surface area contributed by atoms with Gasteiger partial charge in [0.05, 0.1) is 27.2 Å². The molecule has 0 aromatic carbocycles. The van der Waals surface area contributed by atoms with E-state index >= 15 is 0 Å². The zero-order chi connectivity index (χ0) is 34.0. The van der Waals surface area contributed by atoms with Crippen LogP contribution < -0.4 is 5.32 Å². The van der Waals surface area contributed by atoms with E-state index in [9.17, 15) is 79.4 Å². The first-order valence-corrected chi connectivity index (χ1v) is 12.9. The molecule has 0 saturated heterocycles. The van der Waals surface area contributed by atoms with Gasteiger partial charge in [0.15, 0.2) is 0 Å². The number of amides is 1. The lowest BCUT2D eigenvalue weighted by molar-refractivity contribution is -0.888. The number of nitrogens with one attached hydrogen (secondary N) is 1. The van der Waals surface area contributed by atoms with Crippen molar-refractivity contribution in [2.45, 2.75) is 74.3 Å². The van der Waals surface area contributed by atoms with E-state index in [0.717, 1.165) is 6.54 Å². The summed E-state index contributed by atoms with van der Waals surface area (Å²) in [6.07, 6.45) is -9.78. The van der Waals surface area contributed by atoms with Crippen molar-refractivity contribution < 1.29 is 83.9 Å². The van der Waals surface area contributed by atoms with Crippen molar-refractivity contribution in [2.75, 3.05) is 45.2 Å². The van der Waals surface area contributed by atoms with Crippen LogP contribution >= 0.6 is 11.8 Å². The first-order valence-electron chi connectivity index (χ1n) is 11.7. The number of alkyl halides is 17. The van der Waals surface area contributed by atoms with Crippen molar-refractivity contribution in [1.82, 2.24) is 5.32 Å². The van der Waals surface area contributed by atoms with Crippen molar-refractivity contribution in [3.8, 4) is 0 Å². The molecule has 0 rings (SSSR count). The highest BCUT2D eigenvalue weighted by Gasteiger charge is 2.95. The summed E-state index contributed by atoms with van der Waals surface area (Å²) in [6.45, 7) is 4.76. The Hall–Kier alpha value is -1.41. The average Bonchev–Trinajstić information content (AvgIpc) is 2.82. The van der Waals surface area contributed by atoms with E-state index in [1.165, 1.54) is 6.92 Å². The van der Waals surface area contributed by atoms with Crippen LogP contribution in [0.3, 0.4) is 0 Å². The Bertz CT molecular complexity index is 906. The van der Waals surface area contributed by atoms with Gasteiger partial charge in [-0.25, -0.2) is 0 Å². The SMILES string of the molecule is CC[N+](C)(C)CCCNC(=O)C(C)CSCCC(F)(F)C(F)(F)C(F)(F)C(F)(F)C(F)(F)C(F)(F)C(F)(F)C(F)(F)F. The van der Waals surface area contributed by atoms with Crippen LogP contribution in [0.1, 0.15) is 26.7 Å². The topological polar surface area (TPSA) is 29.1 Å². The van der Waals surface area contributed by atoms with Gasteiger partial charge in [-0.3, -0.25) is 4.79 Å². The first-order chi connectivity index (χ1) is 18.3. The lowest BCUT2D eigenvalue weighted by atomic mass is 9.88. The first kappa shape index (κ1) is 40.6. The van der Waals surface area contributed by atoms with Gasteiger partial charge >= 0.3 is 47.6 Å². The number of carbonyl (C=O) groups excluding carboxylic acids is 1. The summed E-state index contributed by atoms with van der Waals surface area (Å²) in [6, 6.07) is 0. The van der Waals surface area contributed by atoms with Crippen molar-refractivity contribution in [3.05, 3.63) is 0 Å². The van der Waals surface area contributed by atoms with Gasteiger partial charge in [0, 0.05) is 31.1 Å². The van der Waals surface area contributed by atoms with Gasteiger partial charge in [0.1, 0.15) is 0 Å². The third kappa shape index (κ3) is 7.62. The van der Waals surface area contributed by atoms with Gasteiger partial charge in [-0.1, -0.05) is 6.92 Å². The van der Waals surface area contributed by atoms with E-state index in [2.05, 4.69) is 5.32 Å². The predicted octanol–water partition coefficient (Wildman–Crippen LogP) is 7.36. The second-order valence-electron chi connectivity index (χ2n) is 9.99. The summed E-state index contributed by atoms with van der Waals surface area (Å²) in [7, 11) is 3.81. The summed E-state index contributed by atoms with van der Waals surface area (Å²) < 4.78 is 227. The summed E-state index contributed by atoms with van der Waals surface area (Å²) in [5, 5.41) is 2.47. The molecule has 0 spiro atoms. The minimum atomic E-state index is -8.63. The molecule has 0 fully saturated rings. The molecule has 0 radical (unpaired) electrons. The van der Waals surface area contributed by atoms with Gasteiger partial charge in [-0.2, -0.15) is 86.4 Å². The molecule has 0 aliphatic carbocycles. The molecule has 0 aliphatic heterocycles. The Morgan fingerprint density at radius 2 is 1.12 bits per heavy atom. The minimum absolute atomic E-state index is 0.182. The van der Waals surface area contributed by atoms with Crippen LogP contribution in [-0.2, 0) is 4.79 Å². The zero-order valence-corrected chi connectivity index (χ0v) is 23.0. The van der Waals surface area contributed by atoms with Crippen LogP contribution in [0.25, 0.3) is 0 Å². The van der Waals surface area contributed by atoms with E-state index in [1.54, 1.807) is 0 Å². The molecule has 0 aromatic rings. The molecule has 1 N–H and O–H groups in total. The van der Waals surface area contributed by atoms with Crippen LogP contribution in [-0.4, -0.2) is 103 Å². The van der Waals surface area contributed by atoms with Crippen molar-refractivity contribution in [2.24, 2.45) is 5.92 Å². The van der Waals surface area contributed by atoms with Crippen LogP contribution in [0, 0.1) is 5.92 Å². The Balaban J connectivity index is 5.56. The Labute approximate surface area is 233 Å². The smallest absolute Gasteiger partial charge is 0.356 e. The summed E-state index contributed by atoms with van der Waals surface area (Å²) in [5.41, 5.74) is 0. The molecule has 0 heterocycles. The van der Waals surface area contributed by atoms with Gasteiger partial charge < -0.3 is 9.80 Å². The molecule has 1 amide bonds. The molecule has 42 heavy (non-hydrogen) atoms. The molecule has 3 nitrogen and oxygen atoms in total. The van der Waals surface area contributed by atoms with Gasteiger partial charge in [-0.15, -0.1) is 0 Å². The molecule has 0 aromatic heterocycles. The molecule has 1 unspecified atom stereocenters. The Kier molecular flexibility index (Phi) is 12.5. The number of quaternary nitrogens is 1. The number of rotatable bonds is 17. The van der Waals surface area contributed by atoms with E-state index in [-0.39, 0.29) is 18.3 Å². The maximum atomic E-state index is 13.9. The fourth-order valence-electron chi connectivity index (χ4n) is 2.94. The molecule has 1 atom stereocenters. The zero-order valence-electron chi connectivity index (χ0n) is 22.2. The highest BCUT2D eigenvalue weighted by atomic mass is 32.2. The molecule has 0 saturated carbocycles. The summed E-state index contributed by atoms with van der Waals surface area (Å²) in [4.78, 5) is 12.0. The number of halogens is 17. The van der Waals surface area contributed by atoms with Crippen LogP contribution in [0.4, 0.5) is 74.6 Å². The van der Waals surface area contributed by atoms with Gasteiger partial charge in [0.2, 0.25) is 5.91 Å². The number of thioether (sulfide) groups is 1. The molecule has 0 bridgehead atoms. The van der Waals surface area contributed by atoms with Crippen molar-refractivity contribution in [1.29, 1.82) is 0 Å². The maximum Gasteiger partial charge on any atom is 0.460 e. The number of hydrogen-bond donors (Lipinski definition) is 1. The fraction of sp³-hybridized carbons (Fsp3) is 0.952. The van der Waals surface area contributed by atoms with Crippen LogP contribution in [0.15, 0.2) is 0 Å². The van der Waals surface area contributed by atoms with E-state index in [0.29, 0.717) is 17.4 Å². The lowest BCUT2D eigenvalue weighted by Gasteiger charge is -2.42. The van der Waals surface area contributed by atoms with E-state index < -0.39 is 77.4 Å². The highest BCUT2D eigenvalue weighted by molar-refractivity contribution is 7.99. The van der Waals surface area contributed by atoms with E-state index in [1.807, 2.05) is 21.0 Å². The molecule has 21 heteroatoms. The minimum Gasteiger partial charge on any atom is -0.356 e. The normalized spacial score (nSPS) is 16.0. The molecular weight excluding hydrogens is 651 g/mol. The predicted molar refractivity (Wildman–Crippen MR) is 117 cm³/mol. The molecule has 252 valence electrons. The van der Waals surface area contributed by atoms with Gasteiger partial charge in [0.25, 0.3) is 0 Å². The summed E-state index contributed by atoms with van der Waals surface area (Å²) in [5.74, 6) is -59.7. The molecule has 0 aliphatic rings. The Morgan fingerprint density at radius 1 is 0.714 bits per heavy atom. The lowest BCUT2D eigenvalue weighted by Crippen LogP contribution is -2.74. The van der Waals surface area contributed by atoms with Crippen LogP contribution in [0.5, 0.6) is 0 Å². The van der Waals surface area contributed by atoms with E-state index in [4.69, 9.17) is 0 Å². The molecular formula is C21H28F17N2OS+. The standard InChI is InChI=1S/C21H27F17N2OS/c1-5-40(3,4)9-6-8-39-13(41)12(2)11-42-10-7-14(22,23)15(24,25)16(26,27)17(28,29)18(30,31)19(32,33)20(34,35)21(36,37)38/h12H,5-11H2,1-4H3/p+1. The van der Waals surface area contributed by atoms with Crippen LogP contribution in [0.2, 0.25) is 0 Å². The van der Waals surface area contributed by atoms with Crippen molar-refractivity contribution >= 4 is 17.7 Å². The largest absolute Gasteiger partial charge is 0.460 e. The monoisotopic (exact) mass is 679 g/mol. The maximum absolute atomic E-state index is 13.9. The highest BCUT2D eigenvalue weighted by Crippen LogP contribution is 2.64.